The quantitative estimate of drug-likeness (QED) is 0.676. The molecule has 0 spiro atoms. The number of cyclic esters (lactones) is 1. The zero-order valence-electron chi connectivity index (χ0n) is 13.0. The molecule has 0 saturated carbocycles. The summed E-state index contributed by atoms with van der Waals surface area (Å²) in [4.78, 5) is 11.7. The first kappa shape index (κ1) is 14.4. The van der Waals surface area contributed by atoms with Gasteiger partial charge in [-0.25, -0.2) is 4.79 Å². The minimum Gasteiger partial charge on any atom is -0.437 e. The second kappa shape index (κ2) is 5.68. The van der Waals surface area contributed by atoms with Crippen LogP contribution in [0.3, 0.4) is 0 Å². The van der Waals surface area contributed by atoms with Crippen molar-refractivity contribution in [3.05, 3.63) is 64.9 Å². The molecule has 1 saturated heterocycles. The molecule has 1 unspecified atom stereocenters. The Bertz CT molecular complexity index is 762. The summed E-state index contributed by atoms with van der Waals surface area (Å²) >= 11 is 0. The molecule has 1 N–H and O–H groups in total. The van der Waals surface area contributed by atoms with Crippen molar-refractivity contribution in [1.29, 1.82) is 0 Å². The monoisotopic (exact) mass is 293 g/mol. The Labute approximate surface area is 130 Å². The van der Waals surface area contributed by atoms with Crippen molar-refractivity contribution in [3.63, 3.8) is 0 Å². The first-order chi connectivity index (χ1) is 10.5. The number of rotatable bonds is 2. The van der Waals surface area contributed by atoms with Gasteiger partial charge in [0, 0.05) is 0 Å². The molecular weight excluding hydrogens is 274 g/mol. The number of hydrogen-bond donors (Lipinski definition) is 1. The molecule has 1 aliphatic heterocycles. The smallest absolute Gasteiger partial charge is 0.356 e. The molecule has 0 bridgehead atoms. The predicted octanol–water partition coefficient (Wildman–Crippen LogP) is 3.80. The highest BCUT2D eigenvalue weighted by Crippen LogP contribution is 2.24. The highest BCUT2D eigenvalue weighted by molar-refractivity contribution is 5.95. The molecule has 2 aromatic rings. The van der Waals surface area contributed by atoms with Crippen molar-refractivity contribution in [2.75, 3.05) is 0 Å². The maximum Gasteiger partial charge on any atom is 0.356 e. The highest BCUT2D eigenvalue weighted by atomic mass is 16.6. The predicted molar refractivity (Wildman–Crippen MR) is 88.0 cm³/mol. The Morgan fingerprint density at radius 2 is 1.82 bits per heavy atom. The van der Waals surface area contributed by atoms with Gasteiger partial charge in [-0.15, -0.1) is 0 Å². The van der Waals surface area contributed by atoms with Gasteiger partial charge in [0.15, 0.2) is 6.23 Å². The fourth-order valence-corrected chi connectivity index (χ4v) is 2.53. The number of carbonyl (C=O) groups excluding carboxylic acids is 1. The normalized spacial score (nSPS) is 19.1. The Morgan fingerprint density at radius 1 is 1.05 bits per heavy atom. The van der Waals surface area contributed by atoms with Crippen molar-refractivity contribution in [3.8, 4) is 11.1 Å². The van der Waals surface area contributed by atoms with Gasteiger partial charge in [-0.1, -0.05) is 36.4 Å². The molecule has 3 heteroatoms. The molecule has 3 nitrogen and oxygen atoms in total. The van der Waals surface area contributed by atoms with Gasteiger partial charge < -0.3 is 10.1 Å². The van der Waals surface area contributed by atoms with Crippen molar-refractivity contribution < 1.29 is 9.53 Å². The zero-order valence-corrected chi connectivity index (χ0v) is 13.0. The molecule has 1 aliphatic rings. The van der Waals surface area contributed by atoms with Crippen LogP contribution in [0.5, 0.6) is 0 Å². The Morgan fingerprint density at radius 3 is 2.50 bits per heavy atom. The first-order valence-electron chi connectivity index (χ1n) is 7.40. The van der Waals surface area contributed by atoms with E-state index in [1.165, 1.54) is 16.7 Å². The largest absolute Gasteiger partial charge is 0.437 e. The van der Waals surface area contributed by atoms with Crippen LogP contribution in [-0.4, -0.2) is 12.2 Å². The maximum absolute atomic E-state index is 11.7. The van der Waals surface area contributed by atoms with E-state index >= 15 is 0 Å². The van der Waals surface area contributed by atoms with Crippen molar-refractivity contribution in [2.45, 2.75) is 27.0 Å². The Kier molecular flexibility index (Phi) is 3.72. The average Bonchev–Trinajstić information content (AvgIpc) is 2.80. The number of ether oxygens (including phenoxy) is 1. The lowest BCUT2D eigenvalue weighted by Gasteiger charge is -2.07. The summed E-state index contributed by atoms with van der Waals surface area (Å²) in [5.74, 6) is -0.302. The molecule has 0 aliphatic carbocycles. The molecule has 1 fully saturated rings. The second-order valence-electron chi connectivity index (χ2n) is 5.67. The average molecular weight is 293 g/mol. The summed E-state index contributed by atoms with van der Waals surface area (Å²) in [5.41, 5.74) is 6.36. The standard InChI is InChI=1S/C19H19NO2/c1-12-7-8-17(9-13(12)2)16-6-4-5-15(10-16)11-18-19(21)22-14(3)20-18/h4-11,14,20H,1-3H3. The van der Waals surface area contributed by atoms with Crippen molar-refractivity contribution in [1.82, 2.24) is 5.32 Å². The van der Waals surface area contributed by atoms with E-state index in [9.17, 15) is 4.79 Å². The van der Waals surface area contributed by atoms with Crippen LogP contribution in [0.2, 0.25) is 0 Å². The first-order valence-corrected chi connectivity index (χ1v) is 7.40. The van der Waals surface area contributed by atoms with Gasteiger partial charge in [0.25, 0.3) is 0 Å². The van der Waals surface area contributed by atoms with Crippen LogP contribution in [0.15, 0.2) is 48.2 Å². The third-order valence-corrected chi connectivity index (χ3v) is 3.90. The Hall–Kier alpha value is -2.55. The minimum absolute atomic E-state index is 0.262. The summed E-state index contributed by atoms with van der Waals surface area (Å²) in [6, 6.07) is 14.6. The minimum atomic E-state index is -0.302. The third-order valence-electron chi connectivity index (χ3n) is 3.90. The molecule has 0 amide bonds. The molecule has 22 heavy (non-hydrogen) atoms. The fraction of sp³-hybridized carbons (Fsp3) is 0.211. The molecule has 112 valence electrons. The SMILES string of the molecule is Cc1ccc(-c2cccc(C=C3NC(C)OC3=O)c2)cc1C. The van der Waals surface area contributed by atoms with Crippen LogP contribution >= 0.6 is 0 Å². The molecule has 1 atom stereocenters. The van der Waals surface area contributed by atoms with Crippen LogP contribution in [0, 0.1) is 13.8 Å². The molecule has 1 heterocycles. The van der Waals surface area contributed by atoms with Crippen LogP contribution in [0.1, 0.15) is 23.6 Å². The summed E-state index contributed by atoms with van der Waals surface area (Å²) in [6.45, 7) is 6.03. The van der Waals surface area contributed by atoms with E-state index in [0.717, 1.165) is 11.1 Å². The molecular formula is C19H19NO2. The molecule has 3 rings (SSSR count). The van der Waals surface area contributed by atoms with E-state index in [1.807, 2.05) is 25.1 Å². The second-order valence-corrected chi connectivity index (χ2v) is 5.67. The number of carbonyl (C=O) groups is 1. The lowest BCUT2D eigenvalue weighted by atomic mass is 9.99. The van der Waals surface area contributed by atoms with Crippen LogP contribution in [0.25, 0.3) is 17.2 Å². The number of aryl methyl sites for hydroxylation is 2. The lowest BCUT2D eigenvalue weighted by Crippen LogP contribution is -2.16. The van der Waals surface area contributed by atoms with E-state index in [4.69, 9.17) is 4.74 Å². The van der Waals surface area contributed by atoms with E-state index in [2.05, 4.69) is 49.5 Å². The fourth-order valence-electron chi connectivity index (χ4n) is 2.53. The van der Waals surface area contributed by atoms with Crippen molar-refractivity contribution in [2.24, 2.45) is 0 Å². The van der Waals surface area contributed by atoms with Gasteiger partial charge in [0.1, 0.15) is 5.70 Å². The topological polar surface area (TPSA) is 38.3 Å². The van der Waals surface area contributed by atoms with Crippen LogP contribution in [-0.2, 0) is 9.53 Å². The van der Waals surface area contributed by atoms with E-state index in [1.54, 1.807) is 0 Å². The summed E-state index contributed by atoms with van der Waals surface area (Å²) in [6.07, 6.45) is 1.57. The zero-order chi connectivity index (χ0) is 15.7. The maximum atomic E-state index is 11.7. The number of hydrogen-bond acceptors (Lipinski definition) is 3. The van der Waals surface area contributed by atoms with Crippen LogP contribution in [0.4, 0.5) is 0 Å². The Balaban J connectivity index is 1.94. The summed E-state index contributed by atoms with van der Waals surface area (Å²) in [5, 5.41) is 3.02. The van der Waals surface area contributed by atoms with Gasteiger partial charge in [0.05, 0.1) is 0 Å². The van der Waals surface area contributed by atoms with Gasteiger partial charge >= 0.3 is 5.97 Å². The number of benzene rings is 2. The lowest BCUT2D eigenvalue weighted by molar-refractivity contribution is -0.138. The van der Waals surface area contributed by atoms with Crippen LogP contribution < -0.4 is 5.32 Å². The van der Waals surface area contributed by atoms with Gasteiger partial charge in [-0.2, -0.15) is 0 Å². The molecule has 2 aromatic carbocycles. The molecule has 0 aromatic heterocycles. The van der Waals surface area contributed by atoms with Gasteiger partial charge in [-0.05, 0) is 60.7 Å². The number of esters is 1. The summed E-state index contributed by atoms with van der Waals surface area (Å²) < 4.78 is 5.07. The number of nitrogens with one attached hydrogen (secondary N) is 1. The van der Waals surface area contributed by atoms with Gasteiger partial charge in [0.2, 0.25) is 0 Å². The van der Waals surface area contributed by atoms with Crippen molar-refractivity contribution >= 4 is 12.0 Å². The highest BCUT2D eigenvalue weighted by Gasteiger charge is 2.23. The van der Waals surface area contributed by atoms with Gasteiger partial charge in [-0.3, -0.25) is 0 Å². The van der Waals surface area contributed by atoms with E-state index < -0.39 is 0 Å². The van der Waals surface area contributed by atoms with E-state index in [-0.39, 0.29) is 12.2 Å². The third kappa shape index (κ3) is 2.89. The molecule has 0 radical (unpaired) electrons. The summed E-state index contributed by atoms with van der Waals surface area (Å²) in [7, 11) is 0. The van der Waals surface area contributed by atoms with E-state index in [0.29, 0.717) is 5.70 Å².